The monoisotopic (exact) mass is 397 g/mol. The standard InChI is InChI=1S/C23H27NO5/c1-26-20-7-5-18(6-8-20)14-24(16-23-4-3-13-28-23)15-19(25)17-29-22-11-9-21(27-2)10-12-22/h3-13,19,25H,14-17H2,1-2H3. The number of aliphatic hydroxyl groups excluding tert-OH is 1. The highest BCUT2D eigenvalue weighted by Crippen LogP contribution is 2.18. The Kier molecular flexibility index (Phi) is 7.55. The number of hydrogen-bond donors (Lipinski definition) is 1. The maximum absolute atomic E-state index is 10.5. The van der Waals surface area contributed by atoms with E-state index in [1.165, 1.54) is 0 Å². The van der Waals surface area contributed by atoms with Gasteiger partial charge in [0.1, 0.15) is 35.7 Å². The average molecular weight is 397 g/mol. The summed E-state index contributed by atoms with van der Waals surface area (Å²) in [4.78, 5) is 2.13. The molecule has 29 heavy (non-hydrogen) atoms. The molecule has 154 valence electrons. The number of nitrogens with zero attached hydrogens (tertiary/aromatic N) is 1. The third-order valence-corrected chi connectivity index (χ3v) is 4.50. The van der Waals surface area contributed by atoms with Crippen molar-refractivity contribution in [3.63, 3.8) is 0 Å². The van der Waals surface area contributed by atoms with E-state index in [1.54, 1.807) is 20.5 Å². The normalized spacial score (nSPS) is 12.0. The Hall–Kier alpha value is -2.96. The van der Waals surface area contributed by atoms with Crippen molar-refractivity contribution in [2.24, 2.45) is 0 Å². The summed E-state index contributed by atoms with van der Waals surface area (Å²) in [5.74, 6) is 3.13. The first-order chi connectivity index (χ1) is 14.2. The summed E-state index contributed by atoms with van der Waals surface area (Å²) in [7, 11) is 3.27. The SMILES string of the molecule is COc1ccc(CN(Cc2ccco2)CC(O)COc2ccc(OC)cc2)cc1. The van der Waals surface area contributed by atoms with Gasteiger partial charge in [0.25, 0.3) is 0 Å². The van der Waals surface area contributed by atoms with Crippen LogP contribution in [0.15, 0.2) is 71.3 Å². The van der Waals surface area contributed by atoms with Crippen LogP contribution < -0.4 is 14.2 Å². The molecule has 0 aliphatic heterocycles. The van der Waals surface area contributed by atoms with Crippen LogP contribution in [-0.2, 0) is 13.1 Å². The lowest BCUT2D eigenvalue weighted by Gasteiger charge is -2.24. The zero-order chi connectivity index (χ0) is 20.5. The molecule has 0 amide bonds. The smallest absolute Gasteiger partial charge is 0.119 e. The minimum atomic E-state index is -0.648. The van der Waals surface area contributed by atoms with Gasteiger partial charge < -0.3 is 23.7 Å². The first-order valence-electron chi connectivity index (χ1n) is 9.49. The Morgan fingerprint density at radius 2 is 1.48 bits per heavy atom. The summed E-state index contributed by atoms with van der Waals surface area (Å²) in [5, 5.41) is 10.5. The molecule has 0 saturated heterocycles. The third kappa shape index (κ3) is 6.55. The molecule has 0 radical (unpaired) electrons. The van der Waals surface area contributed by atoms with E-state index >= 15 is 0 Å². The Morgan fingerprint density at radius 1 is 0.862 bits per heavy atom. The van der Waals surface area contributed by atoms with Gasteiger partial charge in [-0.3, -0.25) is 4.90 Å². The molecule has 1 aromatic heterocycles. The molecule has 0 fully saturated rings. The minimum Gasteiger partial charge on any atom is -0.497 e. The zero-order valence-corrected chi connectivity index (χ0v) is 16.8. The van der Waals surface area contributed by atoms with Crippen molar-refractivity contribution in [1.29, 1.82) is 0 Å². The second-order valence-electron chi connectivity index (χ2n) is 6.74. The summed E-state index contributed by atoms with van der Waals surface area (Å²) in [6, 6.07) is 19.0. The van der Waals surface area contributed by atoms with E-state index in [1.807, 2.05) is 60.7 Å². The average Bonchev–Trinajstić information content (AvgIpc) is 3.26. The van der Waals surface area contributed by atoms with E-state index in [2.05, 4.69) is 4.90 Å². The van der Waals surface area contributed by atoms with Crippen molar-refractivity contribution < 1.29 is 23.7 Å². The highest BCUT2D eigenvalue weighted by molar-refractivity contribution is 5.31. The predicted molar refractivity (Wildman–Crippen MR) is 110 cm³/mol. The minimum absolute atomic E-state index is 0.198. The largest absolute Gasteiger partial charge is 0.497 e. The van der Waals surface area contributed by atoms with E-state index in [0.29, 0.717) is 25.4 Å². The van der Waals surface area contributed by atoms with Crippen molar-refractivity contribution in [3.8, 4) is 17.2 Å². The molecule has 1 heterocycles. The summed E-state index contributed by atoms with van der Waals surface area (Å²) < 4.78 is 21.6. The highest BCUT2D eigenvalue weighted by Gasteiger charge is 2.15. The lowest BCUT2D eigenvalue weighted by Crippen LogP contribution is -2.35. The number of aliphatic hydroxyl groups is 1. The summed E-state index contributed by atoms with van der Waals surface area (Å²) in [5.41, 5.74) is 1.13. The van der Waals surface area contributed by atoms with Crippen LogP contribution in [0, 0.1) is 0 Å². The molecule has 3 rings (SSSR count). The van der Waals surface area contributed by atoms with E-state index < -0.39 is 6.10 Å². The molecular formula is C23H27NO5. The number of furan rings is 1. The predicted octanol–water partition coefficient (Wildman–Crippen LogP) is 3.74. The van der Waals surface area contributed by atoms with Gasteiger partial charge in [0.05, 0.1) is 27.0 Å². The van der Waals surface area contributed by atoms with Gasteiger partial charge in [-0.25, -0.2) is 0 Å². The molecule has 0 bridgehead atoms. The molecule has 0 aliphatic carbocycles. The van der Waals surface area contributed by atoms with E-state index in [-0.39, 0.29) is 6.61 Å². The number of rotatable bonds is 11. The van der Waals surface area contributed by atoms with Gasteiger partial charge >= 0.3 is 0 Å². The Morgan fingerprint density at radius 3 is 2.07 bits per heavy atom. The molecule has 6 heteroatoms. The maximum Gasteiger partial charge on any atom is 0.119 e. The first kappa shape index (κ1) is 20.8. The molecule has 0 aliphatic rings. The van der Waals surface area contributed by atoms with Gasteiger partial charge in [0.2, 0.25) is 0 Å². The van der Waals surface area contributed by atoms with Gasteiger partial charge in [-0.2, -0.15) is 0 Å². The molecular weight excluding hydrogens is 370 g/mol. The molecule has 1 atom stereocenters. The molecule has 2 aromatic carbocycles. The number of hydrogen-bond acceptors (Lipinski definition) is 6. The van der Waals surface area contributed by atoms with Crippen LogP contribution in [0.2, 0.25) is 0 Å². The summed E-state index contributed by atoms with van der Waals surface area (Å²) >= 11 is 0. The second-order valence-corrected chi connectivity index (χ2v) is 6.74. The van der Waals surface area contributed by atoms with Gasteiger partial charge in [-0.05, 0) is 54.1 Å². The van der Waals surface area contributed by atoms with Crippen LogP contribution in [0.25, 0.3) is 0 Å². The number of ether oxygens (including phenoxy) is 3. The zero-order valence-electron chi connectivity index (χ0n) is 16.8. The van der Waals surface area contributed by atoms with Crippen molar-refractivity contribution in [1.82, 2.24) is 4.90 Å². The fourth-order valence-corrected chi connectivity index (χ4v) is 3.01. The van der Waals surface area contributed by atoms with Crippen LogP contribution in [0.1, 0.15) is 11.3 Å². The number of benzene rings is 2. The van der Waals surface area contributed by atoms with Crippen molar-refractivity contribution in [2.45, 2.75) is 19.2 Å². The Labute approximate surface area is 171 Å². The van der Waals surface area contributed by atoms with E-state index in [0.717, 1.165) is 22.8 Å². The summed E-state index contributed by atoms with van der Waals surface area (Å²) in [6.07, 6.45) is 1.01. The molecule has 1 unspecified atom stereocenters. The number of methoxy groups -OCH3 is 2. The molecule has 1 N–H and O–H groups in total. The van der Waals surface area contributed by atoms with Crippen molar-refractivity contribution in [2.75, 3.05) is 27.4 Å². The van der Waals surface area contributed by atoms with Gasteiger partial charge in [0, 0.05) is 13.1 Å². The Bertz CT molecular complexity index is 831. The first-order valence-corrected chi connectivity index (χ1v) is 9.49. The lowest BCUT2D eigenvalue weighted by atomic mass is 10.2. The van der Waals surface area contributed by atoms with Gasteiger partial charge in [-0.1, -0.05) is 12.1 Å². The van der Waals surface area contributed by atoms with E-state index in [9.17, 15) is 5.11 Å². The second kappa shape index (κ2) is 10.5. The van der Waals surface area contributed by atoms with Crippen LogP contribution in [0.5, 0.6) is 17.2 Å². The quantitative estimate of drug-likeness (QED) is 0.532. The molecule has 0 saturated carbocycles. The molecule has 0 spiro atoms. The van der Waals surface area contributed by atoms with Crippen LogP contribution in [-0.4, -0.2) is 43.5 Å². The topological polar surface area (TPSA) is 64.3 Å². The summed E-state index contributed by atoms with van der Waals surface area (Å²) in [6.45, 7) is 1.91. The Balaban J connectivity index is 1.58. The lowest BCUT2D eigenvalue weighted by molar-refractivity contribution is 0.0604. The fourth-order valence-electron chi connectivity index (χ4n) is 3.01. The van der Waals surface area contributed by atoms with Crippen LogP contribution in [0.4, 0.5) is 0 Å². The van der Waals surface area contributed by atoms with Crippen LogP contribution >= 0.6 is 0 Å². The van der Waals surface area contributed by atoms with E-state index in [4.69, 9.17) is 18.6 Å². The van der Waals surface area contributed by atoms with Gasteiger partial charge in [0.15, 0.2) is 0 Å². The third-order valence-electron chi connectivity index (χ3n) is 4.50. The van der Waals surface area contributed by atoms with Crippen LogP contribution in [0.3, 0.4) is 0 Å². The highest BCUT2D eigenvalue weighted by atomic mass is 16.5. The fraction of sp³-hybridized carbons (Fsp3) is 0.304. The van der Waals surface area contributed by atoms with Crippen molar-refractivity contribution in [3.05, 3.63) is 78.3 Å². The molecule has 6 nitrogen and oxygen atoms in total. The molecule has 3 aromatic rings. The van der Waals surface area contributed by atoms with Gasteiger partial charge in [-0.15, -0.1) is 0 Å². The maximum atomic E-state index is 10.5. The van der Waals surface area contributed by atoms with Crippen molar-refractivity contribution >= 4 is 0 Å².